The topological polar surface area (TPSA) is 197 Å². The van der Waals surface area contributed by atoms with E-state index in [1.54, 1.807) is 54.6 Å². The number of hydrazine groups is 1. The van der Waals surface area contributed by atoms with Crippen LogP contribution in [0.15, 0.2) is 65.8 Å². The van der Waals surface area contributed by atoms with Crippen molar-refractivity contribution in [2.24, 2.45) is 0 Å². The minimum Gasteiger partial charge on any atom is -0.481 e. The van der Waals surface area contributed by atoms with Crippen molar-refractivity contribution in [3.63, 3.8) is 0 Å². The zero-order valence-corrected chi connectivity index (χ0v) is 24.8. The summed E-state index contributed by atoms with van der Waals surface area (Å²) in [6.07, 6.45) is -0.138. The molecule has 4 amide bonds. The highest BCUT2D eigenvalue weighted by Gasteiger charge is 2.45. The summed E-state index contributed by atoms with van der Waals surface area (Å²) in [5, 5.41) is 28.8. The second-order valence-corrected chi connectivity index (χ2v) is 11.4. The second kappa shape index (κ2) is 14.1. The molecule has 0 spiro atoms. The van der Waals surface area contributed by atoms with Crippen LogP contribution in [0.1, 0.15) is 42.5 Å². The van der Waals surface area contributed by atoms with E-state index in [0.29, 0.717) is 17.7 Å². The number of hydrogen-bond acceptors (Lipinski definition) is 10. The number of para-hydroxylation sites is 1. The Labute approximate surface area is 261 Å². The molecular formula is C29H30N8O7S. The number of carbonyl (C=O) groups is 6. The lowest BCUT2D eigenvalue weighted by atomic mass is 10.0. The van der Waals surface area contributed by atoms with Crippen LogP contribution in [0.3, 0.4) is 0 Å². The number of hydrogen-bond donors (Lipinski definition) is 3. The van der Waals surface area contributed by atoms with Gasteiger partial charge in [-0.1, -0.05) is 48.2 Å². The Kier molecular flexibility index (Phi) is 9.82. The SMILES string of the molecule is O=C(O)CC(NC(=O)C1CCCN2C(=O)CCC(NC(=O)c3ccccc3)C(=O)N12)C(=O)CSc1nnnn1-c1ccccc1. The third-order valence-electron chi connectivity index (χ3n) is 7.37. The van der Waals surface area contributed by atoms with Gasteiger partial charge < -0.3 is 15.7 Å². The average Bonchev–Trinajstić information content (AvgIpc) is 3.49. The van der Waals surface area contributed by atoms with Crippen LogP contribution < -0.4 is 10.6 Å². The predicted octanol–water partition coefficient (Wildman–Crippen LogP) is 0.610. The van der Waals surface area contributed by atoms with Crippen molar-refractivity contribution in [3.8, 4) is 5.69 Å². The van der Waals surface area contributed by atoms with E-state index < -0.39 is 54.0 Å². The van der Waals surface area contributed by atoms with Gasteiger partial charge >= 0.3 is 5.97 Å². The van der Waals surface area contributed by atoms with Crippen molar-refractivity contribution in [1.29, 1.82) is 0 Å². The summed E-state index contributed by atoms with van der Waals surface area (Å²) in [5.41, 5.74) is 0.987. The number of benzene rings is 2. The number of fused-ring (bicyclic) bond motifs is 1. The molecule has 3 N–H and O–H groups in total. The van der Waals surface area contributed by atoms with E-state index in [1.165, 1.54) is 9.69 Å². The van der Waals surface area contributed by atoms with E-state index >= 15 is 0 Å². The maximum Gasteiger partial charge on any atom is 0.305 e. The van der Waals surface area contributed by atoms with Gasteiger partial charge in [-0.3, -0.25) is 33.8 Å². The van der Waals surface area contributed by atoms with Gasteiger partial charge in [0.25, 0.3) is 11.8 Å². The third kappa shape index (κ3) is 7.34. The molecule has 15 nitrogen and oxygen atoms in total. The summed E-state index contributed by atoms with van der Waals surface area (Å²) >= 11 is 0.976. The molecule has 0 radical (unpaired) electrons. The number of carbonyl (C=O) groups excluding carboxylic acids is 5. The lowest BCUT2D eigenvalue weighted by Crippen LogP contribution is -2.64. The highest BCUT2D eigenvalue weighted by atomic mass is 32.2. The molecule has 2 aliphatic rings. The molecule has 2 aliphatic heterocycles. The van der Waals surface area contributed by atoms with Crippen LogP contribution in [-0.2, 0) is 24.0 Å². The summed E-state index contributed by atoms with van der Waals surface area (Å²) in [5.74, 6) is -4.49. The molecule has 2 fully saturated rings. The van der Waals surface area contributed by atoms with E-state index in [-0.39, 0.29) is 42.6 Å². The minimum atomic E-state index is -1.43. The van der Waals surface area contributed by atoms with Gasteiger partial charge in [0.1, 0.15) is 12.1 Å². The first kappa shape index (κ1) is 31.3. The molecule has 234 valence electrons. The number of amides is 4. The summed E-state index contributed by atoms with van der Waals surface area (Å²) < 4.78 is 1.42. The maximum atomic E-state index is 13.7. The van der Waals surface area contributed by atoms with Gasteiger partial charge in [0.2, 0.25) is 17.0 Å². The number of aliphatic carboxylic acids is 1. The number of aromatic nitrogens is 4. The number of Topliss-reactive ketones (excluding diaryl/α,β-unsaturated/α-hetero) is 1. The molecule has 3 unspecified atom stereocenters. The monoisotopic (exact) mass is 634 g/mol. The van der Waals surface area contributed by atoms with Crippen LogP contribution in [0.4, 0.5) is 0 Å². The first-order chi connectivity index (χ1) is 21.7. The zero-order chi connectivity index (χ0) is 31.9. The molecular weight excluding hydrogens is 604 g/mol. The number of carboxylic acids is 1. The van der Waals surface area contributed by atoms with E-state index in [9.17, 15) is 33.9 Å². The summed E-state index contributed by atoms with van der Waals surface area (Å²) in [7, 11) is 0. The maximum absolute atomic E-state index is 13.7. The van der Waals surface area contributed by atoms with Crippen molar-refractivity contribution in [3.05, 3.63) is 66.2 Å². The molecule has 16 heteroatoms. The van der Waals surface area contributed by atoms with E-state index in [0.717, 1.165) is 16.8 Å². The Morgan fingerprint density at radius 2 is 1.71 bits per heavy atom. The molecule has 0 saturated carbocycles. The number of thioether (sulfide) groups is 1. The minimum absolute atomic E-state index is 0.0316. The fraction of sp³-hybridized carbons (Fsp3) is 0.345. The molecule has 0 aliphatic carbocycles. The Bertz CT molecular complexity index is 1590. The van der Waals surface area contributed by atoms with Crippen molar-refractivity contribution in [2.45, 2.75) is 55.4 Å². The highest BCUT2D eigenvalue weighted by molar-refractivity contribution is 7.99. The number of nitrogens with zero attached hydrogens (tertiary/aromatic N) is 6. The zero-order valence-electron chi connectivity index (χ0n) is 23.9. The summed E-state index contributed by atoms with van der Waals surface area (Å²) in [4.78, 5) is 78.1. The van der Waals surface area contributed by atoms with Crippen LogP contribution in [0.2, 0.25) is 0 Å². The van der Waals surface area contributed by atoms with Gasteiger partial charge in [0.15, 0.2) is 5.78 Å². The Morgan fingerprint density at radius 1 is 1.00 bits per heavy atom. The Balaban J connectivity index is 1.30. The quantitative estimate of drug-likeness (QED) is 0.250. The van der Waals surface area contributed by atoms with E-state index in [1.807, 2.05) is 6.07 Å². The van der Waals surface area contributed by atoms with Gasteiger partial charge in [-0.05, 0) is 54.0 Å². The number of carboxylic acid groups (broad SMARTS) is 1. The van der Waals surface area contributed by atoms with Crippen LogP contribution in [0.5, 0.6) is 0 Å². The van der Waals surface area contributed by atoms with Crippen LogP contribution >= 0.6 is 11.8 Å². The van der Waals surface area contributed by atoms with Crippen LogP contribution in [0.25, 0.3) is 5.69 Å². The van der Waals surface area contributed by atoms with Gasteiger partial charge in [0.05, 0.1) is 23.9 Å². The first-order valence-electron chi connectivity index (χ1n) is 14.2. The molecule has 45 heavy (non-hydrogen) atoms. The van der Waals surface area contributed by atoms with Crippen molar-refractivity contribution < 1.29 is 33.9 Å². The lowest BCUT2D eigenvalue weighted by Gasteiger charge is -2.43. The Morgan fingerprint density at radius 3 is 2.42 bits per heavy atom. The fourth-order valence-electron chi connectivity index (χ4n) is 5.16. The fourth-order valence-corrected chi connectivity index (χ4v) is 5.99. The number of ketones is 1. The van der Waals surface area contributed by atoms with Crippen molar-refractivity contribution in [1.82, 2.24) is 40.9 Å². The molecule has 2 saturated heterocycles. The average molecular weight is 635 g/mol. The molecule has 2 aromatic carbocycles. The third-order valence-corrected chi connectivity index (χ3v) is 8.32. The molecule has 3 heterocycles. The normalized spacial score (nSPS) is 18.8. The lowest BCUT2D eigenvalue weighted by molar-refractivity contribution is -0.176. The van der Waals surface area contributed by atoms with Crippen LogP contribution in [-0.4, -0.2) is 101 Å². The smallest absolute Gasteiger partial charge is 0.305 e. The summed E-state index contributed by atoms with van der Waals surface area (Å²) in [6.45, 7) is 0.192. The predicted molar refractivity (Wildman–Crippen MR) is 158 cm³/mol. The molecule has 3 aromatic rings. The van der Waals surface area contributed by atoms with Gasteiger partial charge in [0, 0.05) is 18.5 Å². The van der Waals surface area contributed by atoms with Gasteiger partial charge in [-0.25, -0.2) is 5.01 Å². The van der Waals surface area contributed by atoms with Gasteiger partial charge in [-0.15, -0.1) is 5.10 Å². The van der Waals surface area contributed by atoms with Crippen LogP contribution in [0, 0.1) is 0 Å². The van der Waals surface area contributed by atoms with E-state index in [4.69, 9.17) is 0 Å². The molecule has 3 atom stereocenters. The number of tetrazole rings is 1. The van der Waals surface area contributed by atoms with Crippen molar-refractivity contribution >= 4 is 47.1 Å². The molecule has 1 aromatic heterocycles. The number of nitrogens with one attached hydrogen (secondary N) is 2. The highest BCUT2D eigenvalue weighted by Crippen LogP contribution is 2.26. The van der Waals surface area contributed by atoms with Crippen molar-refractivity contribution in [2.75, 3.05) is 12.3 Å². The molecule has 5 rings (SSSR count). The number of rotatable bonds is 11. The molecule has 0 bridgehead atoms. The second-order valence-electron chi connectivity index (χ2n) is 10.4. The largest absolute Gasteiger partial charge is 0.481 e. The Hall–Kier alpha value is -5.12. The summed E-state index contributed by atoms with van der Waals surface area (Å²) in [6, 6.07) is 13.5. The van der Waals surface area contributed by atoms with Gasteiger partial charge in [-0.2, -0.15) is 4.68 Å². The van der Waals surface area contributed by atoms with E-state index in [2.05, 4.69) is 26.2 Å². The first-order valence-corrected chi connectivity index (χ1v) is 15.2. The standard InChI is InChI=1S/C29H30N8O7S/c38-23(17-45-29-32-33-34-36(29)19-10-5-2-6-11-19)21(16-25(40)41)31-27(43)22-12-7-15-35-24(39)14-13-20(28(44)37(22)35)30-26(42)18-8-3-1-4-9-18/h1-6,8-11,20-22H,7,12-17H2,(H,30,42)(H,31,43)(H,40,41).